The Morgan fingerprint density at radius 2 is 0.435 bits per heavy atom. The lowest BCUT2D eigenvalue weighted by molar-refractivity contribution is 0.188. The first-order valence-corrected chi connectivity index (χ1v) is 43.3. The largest absolute Gasteiger partial charge is 0.421 e. The van der Waals surface area contributed by atoms with E-state index >= 15 is 0 Å². The summed E-state index contributed by atoms with van der Waals surface area (Å²) in [6, 6.07) is 1.83. The van der Waals surface area contributed by atoms with E-state index < -0.39 is 33.6 Å². The van der Waals surface area contributed by atoms with Crippen molar-refractivity contribution in [3.63, 3.8) is 0 Å². The van der Waals surface area contributed by atoms with Gasteiger partial charge in [0.15, 0.2) is 25.0 Å². The third-order valence-electron chi connectivity index (χ3n) is 9.95. The second kappa shape index (κ2) is 121. The molecule has 0 fully saturated rings. The van der Waals surface area contributed by atoms with Crippen molar-refractivity contribution in [3.05, 3.63) is 0 Å². The fraction of sp³-hybridized carbons (Fsp3) is 1.00. The smallest absolute Gasteiger partial charge is 0.276 e. The van der Waals surface area contributed by atoms with Crippen LogP contribution in [0.3, 0.4) is 0 Å². The molecule has 534 valence electrons. The van der Waals surface area contributed by atoms with E-state index in [-0.39, 0.29) is 13.2 Å². The maximum atomic E-state index is 11.1. The molecule has 20 nitrogen and oxygen atoms in total. The van der Waals surface area contributed by atoms with Crippen molar-refractivity contribution in [1.29, 1.82) is 0 Å². The molecule has 0 aromatic carbocycles. The van der Waals surface area contributed by atoms with Crippen molar-refractivity contribution < 1.29 is 97.2 Å². The van der Waals surface area contributed by atoms with Gasteiger partial charge < -0.3 is 97.2 Å². The van der Waals surface area contributed by atoms with Gasteiger partial charge >= 0.3 is 0 Å². The Labute approximate surface area is 531 Å². The first-order valence-electron chi connectivity index (χ1n) is 31.2. The molecule has 0 radical (unpaired) electrons. The molecule has 10 N–H and O–H groups in total. The summed E-state index contributed by atoms with van der Waals surface area (Å²) in [5, 5.41) is 76.6. The monoisotopic (exact) mass is 1320 g/mol. The number of unbranched alkanes of at least 4 members (excludes halogenated alkanes) is 17. The first-order chi connectivity index (χ1) is 40.6. The number of aliphatic hydroxyl groups excluding tert-OH is 10. The van der Waals surface area contributed by atoms with Gasteiger partial charge in [-0.2, -0.15) is 0 Å². The van der Waals surface area contributed by atoms with Gasteiger partial charge in [-0.25, -0.2) is 0 Å². The molecule has 0 bridgehead atoms. The van der Waals surface area contributed by atoms with E-state index in [1.54, 1.807) is 49.8 Å². The topological polar surface area (TPSA) is 302 Å². The maximum absolute atomic E-state index is 11.1. The maximum Gasteiger partial charge on any atom is 0.276 e. The van der Waals surface area contributed by atoms with Gasteiger partial charge in [0.05, 0.1) is 0 Å². The third kappa shape index (κ3) is 209. The van der Waals surface area contributed by atoms with Crippen LogP contribution in [0.2, 0.25) is 71.0 Å². The van der Waals surface area contributed by atoms with Gasteiger partial charge in [-0.05, 0) is 187 Å². The lowest BCUT2D eigenvalue weighted by Gasteiger charge is -2.16. The van der Waals surface area contributed by atoms with Gasteiger partial charge in [-0.3, -0.25) is 0 Å². The Hall–Kier alpha value is -0.0925. The van der Waals surface area contributed by atoms with Crippen molar-refractivity contribution >= 4 is 33.6 Å². The van der Waals surface area contributed by atoms with Crippen LogP contribution in [0, 0.1) is 0 Å². The molecule has 0 amide bonds. The van der Waals surface area contributed by atoms with E-state index in [4.69, 9.17) is 92.8 Å². The molecule has 0 spiro atoms. The Bertz CT molecular complexity index is 866. The van der Waals surface area contributed by atoms with E-state index in [9.17, 15) is 4.46 Å². The fourth-order valence-corrected chi connectivity index (χ4v) is 7.78. The van der Waals surface area contributed by atoms with E-state index in [1.165, 1.54) is 44.9 Å². The highest BCUT2D eigenvalue weighted by Gasteiger charge is 2.13. The predicted molar refractivity (Wildman–Crippen MR) is 369 cm³/mol. The van der Waals surface area contributed by atoms with Crippen molar-refractivity contribution in [2.24, 2.45) is 0 Å². The third-order valence-corrected chi connectivity index (χ3v) is 15.0. The Balaban J connectivity index is -0.0000000624. The summed E-state index contributed by atoms with van der Waals surface area (Å²) in [4.78, 5) is 0. The van der Waals surface area contributed by atoms with Crippen LogP contribution in [-0.2, 0) is 46.2 Å². The molecule has 24 heteroatoms. The van der Waals surface area contributed by atoms with E-state index in [0.717, 1.165) is 210 Å². The molecular formula is C61H154O20Si4. The number of hydrogen-bond acceptors (Lipinski definition) is 20. The van der Waals surface area contributed by atoms with Crippen molar-refractivity contribution in [1.82, 2.24) is 0 Å². The number of aliphatic hydroxyl groups is 10. The molecule has 0 aliphatic rings. The van der Waals surface area contributed by atoms with Gasteiger partial charge in [0.2, 0.25) is 0 Å². The average molecular weight is 1320 g/mol. The van der Waals surface area contributed by atoms with Gasteiger partial charge in [0.25, 0.3) is 8.68 Å². The minimum absolute atomic E-state index is 0.283. The highest BCUT2D eigenvalue weighted by atomic mass is 28.4. The van der Waals surface area contributed by atoms with Crippen LogP contribution in [0.4, 0.5) is 0 Å². The summed E-state index contributed by atoms with van der Waals surface area (Å²) in [7, 11) is 12.3. The SMILES string of the molecule is CC[Si](=O)CCCCCCOC.CO.CO.CO.CO.CO.COCCCCCCO.COCCCCCO.COCCCCCO.COCCCCCO[Si](C)(C)C.COCCCCCO[Si](C)(C)C.CO[Si](C)(C)C.OCCCCCCO. The molecule has 0 aliphatic carbocycles. The zero-order chi connectivity index (χ0) is 69.0. The van der Waals surface area contributed by atoms with E-state index in [0.29, 0.717) is 19.8 Å². The van der Waals surface area contributed by atoms with Crippen LogP contribution in [0.15, 0.2) is 0 Å². The molecule has 0 aromatic rings. The standard InChI is InChI=1S/2C9H22O2Si.C9H20O2Si.C7H16O2.3C6H14O2.C4H12OSi.5CH4O/c2*1-10-8-6-5-7-9-11-12(2,3)4;1-3-12(10)9-7-5-4-6-8-11-2;1-9-7-5-3-2-4-6-8;2*1-8-6-4-2-3-5-7;7-5-3-1-2-4-6-8;1-5-6(2,3)4;5*1-2/h2*5-9H2,1-4H3;3-9H2,1-2H3;8H,2-7H2,1H3;2*7H,2-6H2,1H3;7-8H,1-6H2;1-4H3;5*2H,1H3. The lowest BCUT2D eigenvalue weighted by Crippen LogP contribution is -2.25. The summed E-state index contributed by atoms with van der Waals surface area (Å²) in [5.74, 6) is 0. The van der Waals surface area contributed by atoms with Gasteiger partial charge in [0.1, 0.15) is 0 Å². The molecule has 85 heavy (non-hydrogen) atoms. The van der Waals surface area contributed by atoms with Gasteiger partial charge in [-0.15, -0.1) is 0 Å². The quantitative estimate of drug-likeness (QED) is 0.0200. The Morgan fingerprint density at radius 3 is 0.600 bits per heavy atom. The summed E-state index contributed by atoms with van der Waals surface area (Å²) >= 11 is 0. The fourth-order valence-electron chi connectivity index (χ4n) is 5.26. The molecular weight excluding hydrogens is 1160 g/mol. The van der Waals surface area contributed by atoms with Crippen molar-refractivity contribution in [2.45, 2.75) is 232 Å². The van der Waals surface area contributed by atoms with Crippen LogP contribution < -0.4 is 0 Å². The Kier molecular flexibility index (Phi) is 165. The first kappa shape index (κ1) is 116. The molecule has 0 unspecified atom stereocenters. The van der Waals surface area contributed by atoms with Crippen LogP contribution in [0.5, 0.6) is 0 Å². The number of methoxy groups -OCH3 is 6. The summed E-state index contributed by atoms with van der Waals surface area (Å²) in [6.07, 6.45) is 26.1. The van der Waals surface area contributed by atoms with Crippen LogP contribution >= 0.6 is 0 Å². The zero-order valence-corrected chi connectivity index (χ0v) is 64.1. The molecule has 0 heterocycles. The van der Waals surface area contributed by atoms with Gasteiger partial charge in [0, 0.05) is 171 Å². The molecule has 0 saturated heterocycles. The summed E-state index contributed by atoms with van der Waals surface area (Å²) < 4.78 is 56.9. The average Bonchev–Trinajstić information content (AvgIpc) is 3.50. The highest BCUT2D eigenvalue weighted by Crippen LogP contribution is 2.07. The van der Waals surface area contributed by atoms with Crippen LogP contribution in [-0.4, -0.2) is 256 Å². The van der Waals surface area contributed by atoms with Gasteiger partial charge in [-0.1, -0.05) is 45.4 Å². The molecule has 0 aromatic heterocycles. The summed E-state index contributed by atoms with van der Waals surface area (Å²) in [5.41, 5.74) is 0. The van der Waals surface area contributed by atoms with E-state index in [1.807, 2.05) is 6.92 Å². The minimum Gasteiger partial charge on any atom is -0.421 e. The molecule has 0 atom stereocenters. The molecule has 0 rings (SSSR count). The van der Waals surface area contributed by atoms with E-state index in [2.05, 4.69) is 58.9 Å². The number of rotatable bonds is 44. The number of hydrogen-bond donors (Lipinski definition) is 10. The normalized spacial score (nSPS) is 9.84. The lowest BCUT2D eigenvalue weighted by atomic mass is 10.2. The second-order valence-corrected chi connectivity index (χ2v) is 36.9. The predicted octanol–water partition coefficient (Wildman–Crippen LogP) is 10.8. The second-order valence-electron chi connectivity index (χ2n) is 20.9. The van der Waals surface area contributed by atoms with Crippen molar-refractivity contribution in [2.75, 3.05) is 171 Å². The summed E-state index contributed by atoms with van der Waals surface area (Å²) in [6.45, 7) is 30.3. The highest BCUT2D eigenvalue weighted by molar-refractivity contribution is 6.70. The van der Waals surface area contributed by atoms with Crippen LogP contribution in [0.25, 0.3) is 0 Å². The Morgan fingerprint density at radius 1 is 0.271 bits per heavy atom. The van der Waals surface area contributed by atoms with Crippen molar-refractivity contribution in [3.8, 4) is 0 Å². The molecule has 0 saturated carbocycles. The zero-order valence-electron chi connectivity index (χ0n) is 60.1. The minimum atomic E-state index is -1.26. The molecule has 0 aliphatic heterocycles. The number of ether oxygens (including phenoxy) is 6. The van der Waals surface area contributed by atoms with Crippen LogP contribution in [0.1, 0.15) is 161 Å².